The van der Waals surface area contributed by atoms with E-state index in [0.29, 0.717) is 0 Å². The third kappa shape index (κ3) is 2.94. The van der Waals surface area contributed by atoms with E-state index in [1.165, 1.54) is 16.0 Å². The fraction of sp³-hybridized carbons (Fsp3) is 0.294. The third-order valence-corrected chi connectivity index (χ3v) is 4.42. The molecule has 1 aromatic carbocycles. The number of thiophene rings is 1. The summed E-state index contributed by atoms with van der Waals surface area (Å²) in [6, 6.07) is 10.3. The average Bonchev–Trinajstić information content (AvgIpc) is 2.74. The van der Waals surface area contributed by atoms with E-state index >= 15 is 0 Å². The molecule has 2 aromatic heterocycles. The van der Waals surface area contributed by atoms with Crippen LogP contribution in [0.1, 0.15) is 25.6 Å². The van der Waals surface area contributed by atoms with Crippen LogP contribution in [0.15, 0.2) is 30.3 Å². The number of hydrogen-bond acceptors (Lipinski definition) is 4. The van der Waals surface area contributed by atoms with Crippen LogP contribution in [0.3, 0.4) is 0 Å². The summed E-state index contributed by atoms with van der Waals surface area (Å²) in [5, 5.41) is 4.79. The molecule has 0 saturated carbocycles. The number of fused-ring (bicyclic) bond motifs is 1. The van der Waals surface area contributed by atoms with Crippen molar-refractivity contribution in [1.29, 1.82) is 0 Å². The predicted octanol–water partition coefficient (Wildman–Crippen LogP) is 5.53. The van der Waals surface area contributed by atoms with Crippen LogP contribution in [-0.4, -0.2) is 15.5 Å². The molecular weight excluding hydrogens is 314 g/mol. The lowest BCUT2D eigenvalue weighted by molar-refractivity contribution is 0.631. The zero-order valence-electron chi connectivity index (χ0n) is 13.1. The molecule has 0 fully saturated rings. The first-order valence-corrected chi connectivity index (χ1v) is 8.35. The molecule has 0 aliphatic carbocycles. The van der Waals surface area contributed by atoms with E-state index in [1.807, 2.05) is 18.2 Å². The van der Waals surface area contributed by atoms with Gasteiger partial charge in [0.1, 0.15) is 10.6 Å². The van der Waals surface area contributed by atoms with Crippen molar-refractivity contribution in [2.24, 2.45) is 0 Å². The van der Waals surface area contributed by atoms with Gasteiger partial charge in [-0.1, -0.05) is 30.3 Å². The number of halogens is 1. The topological polar surface area (TPSA) is 37.8 Å². The number of hydrogen-bond donors (Lipinski definition) is 1. The summed E-state index contributed by atoms with van der Waals surface area (Å²) in [7, 11) is 0. The fourth-order valence-corrected chi connectivity index (χ4v) is 3.75. The SMILES string of the molecule is Cc1sc2nc(Cl)nc(NC(C)(C)C)c2c1-c1ccccc1. The fourth-order valence-electron chi connectivity index (χ4n) is 2.48. The molecule has 0 aliphatic heterocycles. The Morgan fingerprint density at radius 2 is 1.77 bits per heavy atom. The first-order chi connectivity index (χ1) is 10.3. The van der Waals surface area contributed by atoms with Crippen LogP contribution < -0.4 is 5.32 Å². The maximum absolute atomic E-state index is 6.10. The molecule has 2 heterocycles. The van der Waals surface area contributed by atoms with Crippen molar-refractivity contribution < 1.29 is 0 Å². The molecule has 0 spiro atoms. The van der Waals surface area contributed by atoms with Crippen molar-refractivity contribution in [3.63, 3.8) is 0 Å². The van der Waals surface area contributed by atoms with E-state index in [0.717, 1.165) is 16.0 Å². The second kappa shape index (κ2) is 5.52. The highest BCUT2D eigenvalue weighted by atomic mass is 35.5. The maximum atomic E-state index is 6.10. The van der Waals surface area contributed by atoms with Gasteiger partial charge in [0.25, 0.3) is 0 Å². The molecule has 114 valence electrons. The number of rotatable bonds is 2. The van der Waals surface area contributed by atoms with E-state index in [1.54, 1.807) is 11.3 Å². The first kappa shape index (κ1) is 15.3. The van der Waals surface area contributed by atoms with Gasteiger partial charge in [0.2, 0.25) is 5.28 Å². The largest absolute Gasteiger partial charge is 0.365 e. The van der Waals surface area contributed by atoms with E-state index < -0.39 is 0 Å². The number of aryl methyl sites for hydroxylation is 1. The molecule has 0 bridgehead atoms. The zero-order chi connectivity index (χ0) is 15.9. The Labute approximate surface area is 139 Å². The molecule has 0 aliphatic rings. The van der Waals surface area contributed by atoms with Gasteiger partial charge in [-0.2, -0.15) is 0 Å². The number of aromatic nitrogens is 2. The van der Waals surface area contributed by atoms with Crippen LogP contribution in [0, 0.1) is 6.92 Å². The summed E-state index contributed by atoms with van der Waals surface area (Å²) in [5.41, 5.74) is 2.26. The Kier molecular flexibility index (Phi) is 3.83. The Morgan fingerprint density at radius 1 is 1.09 bits per heavy atom. The number of nitrogens with one attached hydrogen (secondary N) is 1. The van der Waals surface area contributed by atoms with E-state index in [4.69, 9.17) is 11.6 Å². The molecule has 0 saturated heterocycles. The van der Waals surface area contributed by atoms with Crippen LogP contribution in [0.4, 0.5) is 5.82 Å². The summed E-state index contributed by atoms with van der Waals surface area (Å²) in [5.74, 6) is 0.797. The van der Waals surface area contributed by atoms with Gasteiger partial charge in [0, 0.05) is 16.0 Å². The summed E-state index contributed by atoms with van der Waals surface area (Å²) in [6.07, 6.45) is 0. The lowest BCUT2D eigenvalue weighted by Crippen LogP contribution is -2.26. The lowest BCUT2D eigenvalue weighted by Gasteiger charge is -2.22. The van der Waals surface area contributed by atoms with Gasteiger partial charge < -0.3 is 5.32 Å². The number of anilines is 1. The van der Waals surface area contributed by atoms with Crippen molar-refractivity contribution in [2.45, 2.75) is 33.2 Å². The summed E-state index contributed by atoms with van der Waals surface area (Å²) >= 11 is 7.76. The highest BCUT2D eigenvalue weighted by Gasteiger charge is 2.20. The molecular formula is C17H18ClN3S. The smallest absolute Gasteiger partial charge is 0.225 e. The molecule has 5 heteroatoms. The molecule has 0 amide bonds. The minimum atomic E-state index is -0.103. The van der Waals surface area contributed by atoms with Crippen LogP contribution in [0.25, 0.3) is 21.3 Å². The Morgan fingerprint density at radius 3 is 2.41 bits per heavy atom. The van der Waals surface area contributed by atoms with Crippen molar-refractivity contribution in [3.05, 3.63) is 40.5 Å². The second-order valence-corrected chi connectivity index (χ2v) is 7.84. The van der Waals surface area contributed by atoms with Crippen molar-refractivity contribution in [2.75, 3.05) is 5.32 Å². The van der Waals surface area contributed by atoms with Gasteiger partial charge in [-0.3, -0.25) is 0 Å². The quantitative estimate of drug-likeness (QED) is 0.627. The zero-order valence-corrected chi connectivity index (χ0v) is 14.6. The van der Waals surface area contributed by atoms with Gasteiger partial charge in [-0.15, -0.1) is 11.3 Å². The van der Waals surface area contributed by atoms with Gasteiger partial charge in [-0.25, -0.2) is 9.97 Å². The summed E-state index contributed by atoms with van der Waals surface area (Å²) in [4.78, 5) is 11.0. The van der Waals surface area contributed by atoms with Gasteiger partial charge in [0.15, 0.2) is 0 Å². The van der Waals surface area contributed by atoms with Gasteiger partial charge >= 0.3 is 0 Å². The van der Waals surface area contributed by atoms with E-state index in [-0.39, 0.29) is 10.8 Å². The van der Waals surface area contributed by atoms with Crippen molar-refractivity contribution in [3.8, 4) is 11.1 Å². The first-order valence-electron chi connectivity index (χ1n) is 7.15. The van der Waals surface area contributed by atoms with Crippen LogP contribution in [0.5, 0.6) is 0 Å². The molecule has 3 aromatic rings. The van der Waals surface area contributed by atoms with Crippen LogP contribution in [-0.2, 0) is 0 Å². The minimum absolute atomic E-state index is 0.103. The molecule has 22 heavy (non-hydrogen) atoms. The van der Waals surface area contributed by atoms with Gasteiger partial charge in [-0.05, 0) is 44.9 Å². The number of nitrogens with zero attached hydrogens (tertiary/aromatic N) is 2. The Balaban J connectivity index is 2.31. The normalized spacial score (nSPS) is 11.9. The molecule has 3 rings (SSSR count). The van der Waals surface area contributed by atoms with E-state index in [9.17, 15) is 0 Å². The number of benzene rings is 1. The van der Waals surface area contributed by atoms with Crippen LogP contribution >= 0.6 is 22.9 Å². The predicted molar refractivity (Wildman–Crippen MR) is 96.0 cm³/mol. The molecule has 3 nitrogen and oxygen atoms in total. The Hall–Kier alpha value is -1.65. The monoisotopic (exact) mass is 331 g/mol. The van der Waals surface area contributed by atoms with Gasteiger partial charge in [0.05, 0.1) is 5.39 Å². The van der Waals surface area contributed by atoms with Crippen LogP contribution in [0.2, 0.25) is 5.28 Å². The van der Waals surface area contributed by atoms with Crippen molar-refractivity contribution >= 4 is 39.0 Å². The highest BCUT2D eigenvalue weighted by Crippen LogP contribution is 2.41. The maximum Gasteiger partial charge on any atom is 0.225 e. The standard InChI is InChI=1S/C17H18ClN3S/c1-10-12(11-8-6-5-7-9-11)13-14(21-17(2,3)4)19-16(18)20-15(13)22-10/h5-9H,1-4H3,(H,19,20,21). The Bertz CT molecular complexity index is 819. The summed E-state index contributed by atoms with van der Waals surface area (Å²) < 4.78 is 0. The third-order valence-electron chi connectivity index (χ3n) is 3.26. The minimum Gasteiger partial charge on any atom is -0.365 e. The molecule has 0 radical (unpaired) electrons. The molecule has 1 N–H and O–H groups in total. The lowest BCUT2D eigenvalue weighted by atomic mass is 10.0. The summed E-state index contributed by atoms with van der Waals surface area (Å²) in [6.45, 7) is 8.44. The average molecular weight is 332 g/mol. The molecule has 0 unspecified atom stereocenters. The van der Waals surface area contributed by atoms with E-state index in [2.05, 4.69) is 55.1 Å². The second-order valence-electron chi connectivity index (χ2n) is 6.30. The van der Waals surface area contributed by atoms with Crippen molar-refractivity contribution in [1.82, 2.24) is 9.97 Å². The highest BCUT2D eigenvalue weighted by molar-refractivity contribution is 7.19. The molecule has 0 atom stereocenters.